The van der Waals surface area contributed by atoms with Gasteiger partial charge in [0.05, 0.1) is 6.20 Å². The van der Waals surface area contributed by atoms with Crippen molar-refractivity contribution in [1.82, 2.24) is 19.8 Å². The Kier molecular flexibility index (Phi) is 5.73. The smallest absolute Gasteiger partial charge is 0.244 e. The number of sulfonamides is 1. The molecule has 7 heteroatoms. The first-order chi connectivity index (χ1) is 9.10. The van der Waals surface area contributed by atoms with Gasteiger partial charge >= 0.3 is 0 Å². The van der Waals surface area contributed by atoms with Crippen LogP contribution in [0.15, 0.2) is 17.3 Å². The molecule has 0 unspecified atom stereocenters. The Bertz CT molecular complexity index is 515. The van der Waals surface area contributed by atoms with Crippen molar-refractivity contribution < 1.29 is 8.42 Å². The number of aromatic nitrogens is 2. The zero-order valence-electron chi connectivity index (χ0n) is 13.0. The van der Waals surface area contributed by atoms with Gasteiger partial charge in [-0.1, -0.05) is 13.8 Å². The topological polar surface area (TPSA) is 76.0 Å². The first-order valence-electron chi connectivity index (χ1n) is 6.90. The molecule has 0 saturated heterocycles. The van der Waals surface area contributed by atoms with Crippen LogP contribution >= 0.6 is 0 Å². The molecule has 1 aromatic rings. The standard InChI is InChI=1S/C13H26N4O2S/c1-11(2)14-7-6-8-17-10-12(9-15-17)20(18,19)16-13(3,4)5/h9-11,14,16H,6-8H2,1-5H3. The fourth-order valence-electron chi connectivity index (χ4n) is 1.70. The second-order valence-corrected chi connectivity index (χ2v) is 7.94. The van der Waals surface area contributed by atoms with Crippen LogP contribution < -0.4 is 10.0 Å². The zero-order chi connectivity index (χ0) is 15.4. The van der Waals surface area contributed by atoms with Crippen molar-refractivity contribution in [3.8, 4) is 0 Å². The lowest BCUT2D eigenvalue weighted by Gasteiger charge is -2.19. The van der Waals surface area contributed by atoms with Crippen LogP contribution in [0.2, 0.25) is 0 Å². The van der Waals surface area contributed by atoms with E-state index in [1.54, 1.807) is 10.9 Å². The summed E-state index contributed by atoms with van der Waals surface area (Å²) in [6.07, 6.45) is 3.87. The number of hydrogen-bond acceptors (Lipinski definition) is 4. The minimum atomic E-state index is -3.49. The van der Waals surface area contributed by atoms with Gasteiger partial charge in [0.15, 0.2) is 0 Å². The van der Waals surface area contributed by atoms with Gasteiger partial charge in [-0.05, 0) is 33.7 Å². The minimum Gasteiger partial charge on any atom is -0.314 e. The molecular weight excluding hydrogens is 276 g/mol. The number of nitrogens with zero attached hydrogens (tertiary/aromatic N) is 2. The Labute approximate surface area is 122 Å². The highest BCUT2D eigenvalue weighted by Crippen LogP contribution is 2.11. The average Bonchev–Trinajstić information content (AvgIpc) is 2.70. The van der Waals surface area contributed by atoms with Crippen LogP contribution in [-0.2, 0) is 16.6 Å². The minimum absolute atomic E-state index is 0.212. The molecule has 116 valence electrons. The molecule has 1 aromatic heterocycles. The van der Waals surface area contributed by atoms with Crippen molar-refractivity contribution in [2.75, 3.05) is 6.54 Å². The van der Waals surface area contributed by atoms with E-state index in [2.05, 4.69) is 29.0 Å². The predicted molar refractivity (Wildman–Crippen MR) is 80.1 cm³/mol. The van der Waals surface area contributed by atoms with Crippen LogP contribution in [0.3, 0.4) is 0 Å². The van der Waals surface area contributed by atoms with E-state index in [1.165, 1.54) is 6.20 Å². The highest BCUT2D eigenvalue weighted by Gasteiger charge is 2.23. The summed E-state index contributed by atoms with van der Waals surface area (Å²) in [5.74, 6) is 0. The third kappa shape index (κ3) is 6.02. The van der Waals surface area contributed by atoms with Crippen molar-refractivity contribution >= 4 is 10.0 Å². The Morgan fingerprint density at radius 1 is 1.35 bits per heavy atom. The first kappa shape index (κ1) is 17.1. The van der Waals surface area contributed by atoms with E-state index >= 15 is 0 Å². The fourth-order valence-corrected chi connectivity index (χ4v) is 3.07. The molecule has 6 nitrogen and oxygen atoms in total. The van der Waals surface area contributed by atoms with E-state index in [0.717, 1.165) is 13.0 Å². The molecule has 2 N–H and O–H groups in total. The number of hydrogen-bond donors (Lipinski definition) is 2. The molecular formula is C13H26N4O2S. The highest BCUT2D eigenvalue weighted by atomic mass is 32.2. The normalized spacial score (nSPS) is 13.1. The molecule has 1 heterocycles. The monoisotopic (exact) mass is 302 g/mol. The molecule has 0 aliphatic carbocycles. The third-order valence-electron chi connectivity index (χ3n) is 2.48. The first-order valence-corrected chi connectivity index (χ1v) is 8.38. The van der Waals surface area contributed by atoms with Gasteiger partial charge in [0, 0.05) is 24.3 Å². The van der Waals surface area contributed by atoms with Crippen molar-refractivity contribution in [1.29, 1.82) is 0 Å². The van der Waals surface area contributed by atoms with Gasteiger partial charge in [0.25, 0.3) is 0 Å². The van der Waals surface area contributed by atoms with Gasteiger partial charge in [-0.2, -0.15) is 5.10 Å². The van der Waals surface area contributed by atoms with E-state index in [9.17, 15) is 8.42 Å². The Hall–Kier alpha value is -0.920. The molecule has 0 aliphatic heterocycles. The van der Waals surface area contributed by atoms with Gasteiger partial charge in [0.1, 0.15) is 4.90 Å². The Morgan fingerprint density at radius 3 is 2.55 bits per heavy atom. The lowest BCUT2D eigenvalue weighted by atomic mass is 10.1. The summed E-state index contributed by atoms with van der Waals surface area (Å²) in [6.45, 7) is 11.2. The largest absolute Gasteiger partial charge is 0.314 e. The number of nitrogens with one attached hydrogen (secondary N) is 2. The number of aryl methyl sites for hydroxylation is 1. The maximum absolute atomic E-state index is 12.1. The van der Waals surface area contributed by atoms with Crippen molar-refractivity contribution in [2.45, 2.75) is 64.1 Å². The third-order valence-corrected chi connectivity index (χ3v) is 4.19. The zero-order valence-corrected chi connectivity index (χ0v) is 13.8. The van der Waals surface area contributed by atoms with Crippen LogP contribution in [0.5, 0.6) is 0 Å². The summed E-state index contributed by atoms with van der Waals surface area (Å²) in [4.78, 5) is 0.212. The second-order valence-electron chi connectivity index (χ2n) is 6.26. The van der Waals surface area contributed by atoms with Crippen LogP contribution in [0, 0.1) is 0 Å². The van der Waals surface area contributed by atoms with Crippen molar-refractivity contribution in [2.24, 2.45) is 0 Å². The van der Waals surface area contributed by atoms with E-state index in [1.807, 2.05) is 20.8 Å². The lowest BCUT2D eigenvalue weighted by molar-refractivity contribution is 0.491. The molecule has 0 saturated carbocycles. The van der Waals surface area contributed by atoms with Crippen LogP contribution in [0.1, 0.15) is 41.0 Å². The summed E-state index contributed by atoms with van der Waals surface area (Å²) in [5, 5.41) is 7.41. The fraction of sp³-hybridized carbons (Fsp3) is 0.769. The van der Waals surface area contributed by atoms with Gasteiger partial charge in [-0.3, -0.25) is 4.68 Å². The molecule has 0 aliphatic rings. The van der Waals surface area contributed by atoms with Gasteiger partial charge in [-0.15, -0.1) is 0 Å². The molecule has 0 aromatic carbocycles. The van der Waals surface area contributed by atoms with Crippen LogP contribution in [-0.4, -0.2) is 36.3 Å². The summed E-state index contributed by atoms with van der Waals surface area (Å²) in [7, 11) is -3.49. The molecule has 1 rings (SSSR count). The second kappa shape index (κ2) is 6.69. The van der Waals surface area contributed by atoms with E-state index in [0.29, 0.717) is 12.6 Å². The van der Waals surface area contributed by atoms with Gasteiger partial charge < -0.3 is 5.32 Å². The highest BCUT2D eigenvalue weighted by molar-refractivity contribution is 7.89. The van der Waals surface area contributed by atoms with Crippen molar-refractivity contribution in [3.05, 3.63) is 12.4 Å². The van der Waals surface area contributed by atoms with Gasteiger partial charge in [-0.25, -0.2) is 13.1 Å². The molecule has 0 bridgehead atoms. The molecule has 0 amide bonds. The molecule has 0 fully saturated rings. The molecule has 0 radical (unpaired) electrons. The summed E-state index contributed by atoms with van der Waals surface area (Å²) in [6, 6.07) is 0.458. The van der Waals surface area contributed by atoms with Crippen molar-refractivity contribution in [3.63, 3.8) is 0 Å². The Balaban J connectivity index is 2.59. The summed E-state index contributed by atoms with van der Waals surface area (Å²) < 4.78 is 28.5. The molecule has 20 heavy (non-hydrogen) atoms. The SMILES string of the molecule is CC(C)NCCCn1cc(S(=O)(=O)NC(C)(C)C)cn1. The summed E-state index contributed by atoms with van der Waals surface area (Å²) in [5.41, 5.74) is -0.498. The van der Waals surface area contributed by atoms with Crippen LogP contribution in [0.25, 0.3) is 0 Å². The number of rotatable bonds is 7. The maximum atomic E-state index is 12.1. The van der Waals surface area contributed by atoms with E-state index in [4.69, 9.17) is 0 Å². The predicted octanol–water partition coefficient (Wildman–Crippen LogP) is 1.35. The average molecular weight is 302 g/mol. The van der Waals surface area contributed by atoms with Gasteiger partial charge in [0.2, 0.25) is 10.0 Å². The maximum Gasteiger partial charge on any atom is 0.244 e. The Morgan fingerprint density at radius 2 is 2.00 bits per heavy atom. The van der Waals surface area contributed by atoms with E-state index in [-0.39, 0.29) is 4.90 Å². The van der Waals surface area contributed by atoms with E-state index < -0.39 is 15.6 Å². The lowest BCUT2D eigenvalue weighted by Crippen LogP contribution is -2.40. The quantitative estimate of drug-likeness (QED) is 0.745. The molecule has 0 atom stereocenters. The molecule has 0 spiro atoms. The van der Waals surface area contributed by atoms with Crippen LogP contribution in [0.4, 0.5) is 0 Å². The summed E-state index contributed by atoms with van der Waals surface area (Å²) >= 11 is 0.